The van der Waals surface area contributed by atoms with E-state index < -0.39 is 0 Å². The molecule has 0 aliphatic carbocycles. The van der Waals surface area contributed by atoms with Gasteiger partial charge in [0, 0.05) is 12.6 Å². The van der Waals surface area contributed by atoms with Crippen molar-refractivity contribution in [3.8, 4) is 11.5 Å². The lowest BCUT2D eigenvalue weighted by molar-refractivity contribution is 0.199. The maximum Gasteiger partial charge on any atom is 0.137 e. The molecule has 2 heterocycles. The largest absolute Gasteiger partial charge is 0.495 e. The van der Waals surface area contributed by atoms with Gasteiger partial charge in [-0.1, -0.05) is 18.2 Å². The molecule has 3 rings (SSSR count). The Bertz CT molecular complexity index is 561. The molecule has 4 nitrogen and oxygen atoms in total. The summed E-state index contributed by atoms with van der Waals surface area (Å²) in [5.41, 5.74) is 8.42. The number of hydrogen-bond acceptors (Lipinski definition) is 4. The number of methoxy groups -OCH3 is 1. The lowest BCUT2D eigenvalue weighted by Gasteiger charge is -2.19. The smallest absolute Gasteiger partial charge is 0.137 e. The Morgan fingerprint density at radius 1 is 1.37 bits per heavy atom. The van der Waals surface area contributed by atoms with Gasteiger partial charge >= 0.3 is 0 Å². The van der Waals surface area contributed by atoms with Crippen LogP contribution in [0, 0.1) is 0 Å². The Kier molecular flexibility index (Phi) is 3.09. The highest BCUT2D eigenvalue weighted by Gasteiger charge is 2.29. The maximum atomic E-state index is 6.28. The van der Waals surface area contributed by atoms with Gasteiger partial charge < -0.3 is 15.2 Å². The van der Waals surface area contributed by atoms with Gasteiger partial charge in [-0.3, -0.25) is 4.98 Å². The van der Waals surface area contributed by atoms with Gasteiger partial charge in [-0.05, 0) is 23.3 Å². The molecule has 2 N–H and O–H groups in total. The Morgan fingerprint density at radius 3 is 3.00 bits per heavy atom. The predicted octanol–water partition coefficient (Wildman–Crippen LogP) is 2.09. The fourth-order valence-corrected chi connectivity index (χ4v) is 2.35. The zero-order valence-electron chi connectivity index (χ0n) is 10.7. The zero-order chi connectivity index (χ0) is 13.2. The third-order valence-corrected chi connectivity index (χ3v) is 3.43. The molecule has 1 aliphatic heterocycles. The first kappa shape index (κ1) is 12.0. The van der Waals surface area contributed by atoms with E-state index in [1.165, 1.54) is 5.56 Å². The molecule has 0 saturated heterocycles. The third-order valence-electron chi connectivity index (χ3n) is 3.43. The van der Waals surface area contributed by atoms with E-state index in [-0.39, 0.29) is 12.1 Å². The van der Waals surface area contributed by atoms with Gasteiger partial charge in [0.15, 0.2) is 0 Å². The number of pyridine rings is 1. The molecule has 0 radical (unpaired) electrons. The van der Waals surface area contributed by atoms with Crippen LogP contribution in [0.1, 0.15) is 17.2 Å². The highest BCUT2D eigenvalue weighted by Crippen LogP contribution is 2.33. The first-order valence-corrected chi connectivity index (χ1v) is 6.27. The maximum absolute atomic E-state index is 6.28. The highest BCUT2D eigenvalue weighted by molar-refractivity contribution is 5.38. The van der Waals surface area contributed by atoms with Crippen molar-refractivity contribution >= 4 is 0 Å². The van der Waals surface area contributed by atoms with Gasteiger partial charge in [-0.25, -0.2) is 0 Å². The number of para-hydroxylation sites is 1. The van der Waals surface area contributed by atoms with Crippen LogP contribution in [0.5, 0.6) is 11.5 Å². The second kappa shape index (κ2) is 4.90. The highest BCUT2D eigenvalue weighted by atomic mass is 16.5. The molecule has 2 unspecified atom stereocenters. The second-order valence-corrected chi connectivity index (χ2v) is 4.65. The summed E-state index contributed by atoms with van der Waals surface area (Å²) in [4.78, 5) is 4.14. The third kappa shape index (κ3) is 2.27. The lowest BCUT2D eigenvalue weighted by atomic mass is 10.00. The number of benzene rings is 1. The van der Waals surface area contributed by atoms with Crippen molar-refractivity contribution in [2.45, 2.75) is 18.6 Å². The average Bonchev–Trinajstić information content (AvgIpc) is 2.90. The van der Waals surface area contributed by atoms with Gasteiger partial charge in [0.25, 0.3) is 0 Å². The van der Waals surface area contributed by atoms with Gasteiger partial charge in [0.05, 0.1) is 19.3 Å². The molecule has 1 aliphatic rings. The van der Waals surface area contributed by atoms with Crippen molar-refractivity contribution in [2.24, 2.45) is 5.73 Å². The van der Waals surface area contributed by atoms with Crippen LogP contribution in [0.3, 0.4) is 0 Å². The van der Waals surface area contributed by atoms with Crippen LogP contribution >= 0.6 is 0 Å². The van der Waals surface area contributed by atoms with Crippen LogP contribution in [0.2, 0.25) is 0 Å². The quantitative estimate of drug-likeness (QED) is 0.913. The van der Waals surface area contributed by atoms with E-state index in [4.69, 9.17) is 15.2 Å². The zero-order valence-corrected chi connectivity index (χ0v) is 10.7. The van der Waals surface area contributed by atoms with Crippen molar-refractivity contribution in [3.05, 3.63) is 53.9 Å². The Balaban J connectivity index is 1.80. The van der Waals surface area contributed by atoms with Gasteiger partial charge in [0.2, 0.25) is 0 Å². The minimum atomic E-state index is -0.213. The summed E-state index contributed by atoms with van der Waals surface area (Å²) in [5, 5.41) is 0. The summed E-state index contributed by atoms with van der Waals surface area (Å²) in [6.45, 7) is 0. The molecule has 1 aromatic carbocycles. The Hall–Kier alpha value is -2.07. The number of aromatic nitrogens is 1. The molecule has 19 heavy (non-hydrogen) atoms. The molecular formula is C15H16N2O2. The molecule has 0 spiro atoms. The molecule has 1 aromatic heterocycles. The number of hydrogen-bond donors (Lipinski definition) is 1. The molecule has 4 heteroatoms. The summed E-state index contributed by atoms with van der Waals surface area (Å²) < 4.78 is 11.1. The fraction of sp³-hybridized carbons (Fsp3) is 0.267. The molecule has 2 aromatic rings. The van der Waals surface area contributed by atoms with Crippen molar-refractivity contribution in [2.75, 3.05) is 7.11 Å². The number of rotatable bonds is 3. The molecule has 0 bridgehead atoms. The monoisotopic (exact) mass is 256 g/mol. The molecule has 98 valence electrons. The first-order chi connectivity index (χ1) is 9.28. The Morgan fingerprint density at radius 2 is 2.21 bits per heavy atom. The first-order valence-electron chi connectivity index (χ1n) is 6.27. The predicted molar refractivity (Wildman–Crippen MR) is 72.3 cm³/mol. The number of nitrogens with zero attached hydrogens (tertiary/aromatic N) is 1. The standard InChI is InChI=1S/C15H16N2O2/c1-18-12-6-11(8-17-9-12)15(16)14-7-10-4-2-3-5-13(10)19-14/h2-6,8-9,14-15H,7,16H2,1H3. The Labute approximate surface area is 112 Å². The number of fused-ring (bicyclic) bond motifs is 1. The van der Waals surface area contributed by atoms with Crippen molar-refractivity contribution in [1.82, 2.24) is 4.98 Å². The summed E-state index contributed by atoms with van der Waals surface area (Å²) >= 11 is 0. The molecule has 0 saturated carbocycles. The minimum absolute atomic E-state index is 0.0497. The van der Waals surface area contributed by atoms with Gasteiger partial charge in [-0.2, -0.15) is 0 Å². The van der Waals surface area contributed by atoms with Crippen LogP contribution in [-0.2, 0) is 6.42 Å². The van der Waals surface area contributed by atoms with Crippen molar-refractivity contribution in [3.63, 3.8) is 0 Å². The normalized spacial score (nSPS) is 18.5. The van der Waals surface area contributed by atoms with E-state index in [0.29, 0.717) is 5.75 Å². The van der Waals surface area contributed by atoms with Crippen LogP contribution in [-0.4, -0.2) is 18.2 Å². The number of ether oxygens (including phenoxy) is 2. The van der Waals surface area contributed by atoms with E-state index in [0.717, 1.165) is 17.7 Å². The molecule has 0 amide bonds. The van der Waals surface area contributed by atoms with Crippen LogP contribution in [0.15, 0.2) is 42.7 Å². The fourth-order valence-electron chi connectivity index (χ4n) is 2.35. The molecule has 2 atom stereocenters. The lowest BCUT2D eigenvalue weighted by Crippen LogP contribution is -2.30. The van der Waals surface area contributed by atoms with Crippen molar-refractivity contribution in [1.29, 1.82) is 0 Å². The number of nitrogens with two attached hydrogens (primary N) is 1. The van der Waals surface area contributed by atoms with E-state index in [2.05, 4.69) is 11.1 Å². The minimum Gasteiger partial charge on any atom is -0.495 e. The van der Waals surface area contributed by atoms with Gasteiger partial charge in [-0.15, -0.1) is 0 Å². The summed E-state index contributed by atoms with van der Waals surface area (Å²) in [6, 6.07) is 9.74. The SMILES string of the molecule is COc1cncc(C(N)C2Cc3ccccc3O2)c1. The second-order valence-electron chi connectivity index (χ2n) is 4.65. The summed E-state index contributed by atoms with van der Waals surface area (Å²) in [7, 11) is 1.62. The van der Waals surface area contributed by atoms with Crippen LogP contribution < -0.4 is 15.2 Å². The summed E-state index contributed by atoms with van der Waals surface area (Å²) in [5.74, 6) is 1.64. The average molecular weight is 256 g/mol. The van der Waals surface area contributed by atoms with Gasteiger partial charge in [0.1, 0.15) is 17.6 Å². The van der Waals surface area contributed by atoms with E-state index >= 15 is 0 Å². The topological polar surface area (TPSA) is 57.4 Å². The van der Waals surface area contributed by atoms with E-state index in [1.54, 1.807) is 19.5 Å². The van der Waals surface area contributed by atoms with Crippen LogP contribution in [0.4, 0.5) is 0 Å². The van der Waals surface area contributed by atoms with Crippen LogP contribution in [0.25, 0.3) is 0 Å². The van der Waals surface area contributed by atoms with E-state index in [9.17, 15) is 0 Å². The van der Waals surface area contributed by atoms with E-state index in [1.807, 2.05) is 24.3 Å². The summed E-state index contributed by atoms with van der Waals surface area (Å²) in [6.07, 6.45) is 4.21. The molecule has 0 fully saturated rings. The van der Waals surface area contributed by atoms with Crippen molar-refractivity contribution < 1.29 is 9.47 Å². The molecular weight excluding hydrogens is 240 g/mol.